The Bertz CT molecular complexity index is 217. The predicted octanol–water partition coefficient (Wildman–Crippen LogP) is 0.659. The Morgan fingerprint density at radius 2 is 2.45 bits per heavy atom. The van der Waals surface area contributed by atoms with Crippen LogP contribution < -0.4 is 5.43 Å². The topological polar surface area (TPSA) is 51.4 Å². The fourth-order valence-corrected chi connectivity index (χ4v) is 0.901. The maximum Gasteiger partial charge on any atom is 0.169 e. The Hall–Kier alpha value is -0.790. The Kier molecular flexibility index (Phi) is 2.32. The highest BCUT2D eigenvalue weighted by atomic mass is 35.5. The Balaban J connectivity index is 2.65. The molecule has 5 heteroatoms. The first-order chi connectivity index (χ1) is 5.15. The molecule has 60 valence electrons. The summed E-state index contributed by atoms with van der Waals surface area (Å²) in [6.07, 6.45) is 0. The lowest BCUT2D eigenvalue weighted by molar-refractivity contribution is 0.171. The third kappa shape index (κ3) is 1.62. The molecule has 1 aliphatic heterocycles. The first-order valence-corrected chi connectivity index (χ1v) is 3.72. The van der Waals surface area contributed by atoms with Gasteiger partial charge in [0.2, 0.25) is 0 Å². The number of nitrogens with zero attached hydrogens (tertiary/aromatic N) is 3. The summed E-state index contributed by atoms with van der Waals surface area (Å²) in [5.41, 5.74) is 2.83. The molecule has 1 aliphatic rings. The van der Waals surface area contributed by atoms with E-state index in [2.05, 4.69) is 10.5 Å². The van der Waals surface area contributed by atoms with Gasteiger partial charge in [0.05, 0.1) is 12.1 Å². The van der Waals surface area contributed by atoms with Crippen molar-refractivity contribution in [2.45, 2.75) is 25.9 Å². The molecular formula is C6H9ClN4. The summed E-state index contributed by atoms with van der Waals surface area (Å²) in [7, 11) is 0. The summed E-state index contributed by atoms with van der Waals surface area (Å²) >= 11 is 5.64. The van der Waals surface area contributed by atoms with Crippen molar-refractivity contribution in [3.63, 3.8) is 0 Å². The average molecular weight is 173 g/mol. The molecule has 1 N–H and O–H groups in total. The van der Waals surface area contributed by atoms with Crippen LogP contribution in [0.5, 0.6) is 0 Å². The molecule has 11 heavy (non-hydrogen) atoms. The van der Waals surface area contributed by atoms with E-state index >= 15 is 0 Å². The molecule has 1 rings (SSSR count). The number of hydrazine groups is 1. The molecule has 0 spiro atoms. The van der Waals surface area contributed by atoms with Crippen LogP contribution in [0.2, 0.25) is 0 Å². The van der Waals surface area contributed by atoms with Crippen molar-refractivity contribution < 1.29 is 0 Å². The minimum absolute atomic E-state index is 0.210. The maximum absolute atomic E-state index is 8.53. The second-order valence-corrected chi connectivity index (χ2v) is 2.94. The van der Waals surface area contributed by atoms with E-state index < -0.39 is 6.04 Å². The zero-order valence-corrected chi connectivity index (χ0v) is 7.13. The molecule has 0 aromatic carbocycles. The van der Waals surface area contributed by atoms with Crippen molar-refractivity contribution in [1.82, 2.24) is 10.5 Å². The van der Waals surface area contributed by atoms with E-state index in [9.17, 15) is 0 Å². The van der Waals surface area contributed by atoms with Crippen LogP contribution in [0.15, 0.2) is 5.10 Å². The van der Waals surface area contributed by atoms with Crippen molar-refractivity contribution in [2.24, 2.45) is 5.10 Å². The smallest absolute Gasteiger partial charge is 0.169 e. The second kappa shape index (κ2) is 3.07. The Labute approximate surface area is 70.4 Å². The van der Waals surface area contributed by atoms with Crippen molar-refractivity contribution in [3.05, 3.63) is 0 Å². The van der Waals surface area contributed by atoms with Gasteiger partial charge in [0.1, 0.15) is 0 Å². The van der Waals surface area contributed by atoms with Gasteiger partial charge in [-0.3, -0.25) is 0 Å². The lowest BCUT2D eigenvalue weighted by atomic mass is 10.4. The number of hydrazone groups is 1. The summed E-state index contributed by atoms with van der Waals surface area (Å²) in [5, 5.41) is 14.3. The first kappa shape index (κ1) is 8.31. The number of nitrogens with one attached hydrogen (secondary N) is 1. The minimum Gasteiger partial charge on any atom is -0.224 e. The van der Waals surface area contributed by atoms with Crippen molar-refractivity contribution in [1.29, 1.82) is 5.26 Å². The normalized spacial score (nSPS) is 23.7. The van der Waals surface area contributed by atoms with E-state index in [1.165, 1.54) is 0 Å². The number of rotatable bonds is 1. The summed E-state index contributed by atoms with van der Waals surface area (Å²) in [6, 6.07) is 1.72. The lowest BCUT2D eigenvalue weighted by Gasteiger charge is -2.18. The number of halogens is 1. The van der Waals surface area contributed by atoms with Crippen molar-refractivity contribution in [3.8, 4) is 6.07 Å². The number of hydrogen-bond donors (Lipinski definition) is 1. The van der Waals surface area contributed by atoms with Gasteiger partial charge in [-0.1, -0.05) is 11.6 Å². The average Bonchev–Trinajstić information content (AvgIpc) is 2.31. The molecule has 0 aromatic heterocycles. The SMILES string of the molecule is CC(C)N1N=C(Cl)C(C#N)N1. The monoisotopic (exact) mass is 172 g/mol. The van der Waals surface area contributed by atoms with Gasteiger partial charge in [-0.15, -0.1) is 0 Å². The predicted molar refractivity (Wildman–Crippen MR) is 42.8 cm³/mol. The third-order valence-corrected chi connectivity index (χ3v) is 1.61. The van der Waals surface area contributed by atoms with Crippen LogP contribution in [0, 0.1) is 11.3 Å². The van der Waals surface area contributed by atoms with Gasteiger partial charge in [0, 0.05) is 0 Å². The fraction of sp³-hybridized carbons (Fsp3) is 0.667. The van der Waals surface area contributed by atoms with Crippen LogP contribution >= 0.6 is 11.6 Å². The van der Waals surface area contributed by atoms with Crippen molar-refractivity contribution in [2.75, 3.05) is 0 Å². The van der Waals surface area contributed by atoms with E-state index in [1.54, 1.807) is 5.12 Å². The van der Waals surface area contributed by atoms with Gasteiger partial charge < -0.3 is 0 Å². The largest absolute Gasteiger partial charge is 0.224 e. The zero-order valence-electron chi connectivity index (χ0n) is 6.37. The molecule has 1 heterocycles. The van der Waals surface area contributed by atoms with Gasteiger partial charge in [-0.25, -0.2) is 5.12 Å². The third-order valence-electron chi connectivity index (χ3n) is 1.32. The van der Waals surface area contributed by atoms with E-state index in [4.69, 9.17) is 16.9 Å². The van der Waals surface area contributed by atoms with Gasteiger partial charge in [-0.05, 0) is 13.8 Å². The summed E-state index contributed by atoms with van der Waals surface area (Å²) < 4.78 is 0. The Morgan fingerprint density at radius 3 is 2.73 bits per heavy atom. The summed E-state index contributed by atoms with van der Waals surface area (Å²) in [4.78, 5) is 0. The highest BCUT2D eigenvalue weighted by Crippen LogP contribution is 2.08. The highest BCUT2D eigenvalue weighted by Gasteiger charge is 2.25. The highest BCUT2D eigenvalue weighted by molar-refractivity contribution is 6.67. The molecule has 0 radical (unpaired) electrons. The van der Waals surface area contributed by atoms with Crippen LogP contribution in [-0.2, 0) is 0 Å². The molecule has 1 atom stereocenters. The van der Waals surface area contributed by atoms with Crippen LogP contribution in [0.1, 0.15) is 13.8 Å². The number of nitriles is 1. The van der Waals surface area contributed by atoms with E-state index in [-0.39, 0.29) is 6.04 Å². The molecule has 0 amide bonds. The molecular weight excluding hydrogens is 164 g/mol. The quantitative estimate of drug-likeness (QED) is 0.632. The Morgan fingerprint density at radius 1 is 1.82 bits per heavy atom. The molecule has 0 fully saturated rings. The second-order valence-electron chi connectivity index (χ2n) is 2.55. The van der Waals surface area contributed by atoms with Gasteiger partial charge >= 0.3 is 0 Å². The standard InChI is InChI=1S/C6H9ClN4/c1-4(2)11-9-5(3-8)6(7)10-11/h4-5,9H,1-2H3. The van der Waals surface area contributed by atoms with E-state index in [0.717, 1.165) is 0 Å². The van der Waals surface area contributed by atoms with Gasteiger partial charge in [0.15, 0.2) is 11.2 Å². The van der Waals surface area contributed by atoms with Crippen LogP contribution in [0.3, 0.4) is 0 Å². The minimum atomic E-state index is -0.473. The molecule has 0 aliphatic carbocycles. The van der Waals surface area contributed by atoms with Crippen LogP contribution in [0.4, 0.5) is 0 Å². The van der Waals surface area contributed by atoms with E-state index in [1.807, 2.05) is 19.9 Å². The maximum atomic E-state index is 8.53. The zero-order chi connectivity index (χ0) is 8.43. The summed E-state index contributed by atoms with van der Waals surface area (Å²) in [5.74, 6) is 0. The first-order valence-electron chi connectivity index (χ1n) is 3.34. The lowest BCUT2D eigenvalue weighted by Crippen LogP contribution is -2.39. The molecule has 0 aromatic rings. The van der Waals surface area contributed by atoms with Gasteiger partial charge in [-0.2, -0.15) is 15.8 Å². The van der Waals surface area contributed by atoms with Crippen molar-refractivity contribution >= 4 is 16.8 Å². The molecule has 0 saturated heterocycles. The van der Waals surface area contributed by atoms with Crippen LogP contribution in [-0.4, -0.2) is 22.4 Å². The number of hydrogen-bond acceptors (Lipinski definition) is 4. The molecule has 1 unspecified atom stereocenters. The van der Waals surface area contributed by atoms with Crippen LogP contribution in [0.25, 0.3) is 0 Å². The van der Waals surface area contributed by atoms with E-state index in [0.29, 0.717) is 5.17 Å². The molecule has 4 nitrogen and oxygen atoms in total. The molecule has 0 saturated carbocycles. The summed E-state index contributed by atoms with van der Waals surface area (Å²) in [6.45, 7) is 3.92. The molecule has 0 bridgehead atoms. The van der Waals surface area contributed by atoms with Gasteiger partial charge in [0.25, 0.3) is 0 Å². The fourth-order valence-electron chi connectivity index (χ4n) is 0.722.